The highest BCUT2D eigenvalue weighted by atomic mass is 16.4. The standard InChI is InChI=1S/C30H46O4/c1-18(2)9-8-10-19(26(33)34)20-11-16-30(7)25-21(12-15-29(20,30)6)28(5)14-13-24(32)27(3,4)23(28)17-22(25)31/h9,19-20,23-24,32H,8,10-17H2,1-7H3,(H,33,34)/t19?,20-,23+,24+,28-,29-,30+/m1/s1. The Balaban J connectivity index is 1.74. The van der Waals surface area contributed by atoms with Crippen LogP contribution in [0.2, 0.25) is 0 Å². The van der Waals surface area contributed by atoms with E-state index in [9.17, 15) is 19.8 Å². The van der Waals surface area contributed by atoms with Gasteiger partial charge in [-0.15, -0.1) is 0 Å². The zero-order valence-electron chi connectivity index (χ0n) is 22.5. The fourth-order valence-electron chi connectivity index (χ4n) is 9.09. The largest absolute Gasteiger partial charge is 0.481 e. The van der Waals surface area contributed by atoms with Gasteiger partial charge in [0.25, 0.3) is 0 Å². The maximum atomic E-state index is 13.9. The summed E-state index contributed by atoms with van der Waals surface area (Å²) in [5.41, 5.74) is 2.87. The van der Waals surface area contributed by atoms with E-state index in [1.165, 1.54) is 11.1 Å². The van der Waals surface area contributed by atoms with Gasteiger partial charge in [0.05, 0.1) is 12.0 Å². The molecule has 4 rings (SSSR count). The minimum Gasteiger partial charge on any atom is -0.481 e. The molecule has 0 radical (unpaired) electrons. The van der Waals surface area contributed by atoms with Crippen LogP contribution in [-0.2, 0) is 9.59 Å². The van der Waals surface area contributed by atoms with E-state index in [4.69, 9.17) is 0 Å². The van der Waals surface area contributed by atoms with Gasteiger partial charge in [-0.25, -0.2) is 0 Å². The van der Waals surface area contributed by atoms with Crippen LogP contribution in [0, 0.1) is 39.4 Å². The van der Waals surface area contributed by atoms with Crippen LogP contribution in [0.5, 0.6) is 0 Å². The van der Waals surface area contributed by atoms with Crippen LogP contribution in [0.15, 0.2) is 22.8 Å². The Bertz CT molecular complexity index is 937. The highest BCUT2D eigenvalue weighted by Gasteiger charge is 2.66. The lowest BCUT2D eigenvalue weighted by Crippen LogP contribution is -2.57. The molecule has 0 bridgehead atoms. The SMILES string of the molecule is CC(C)=CCCC(C(=O)O)[C@H]1CC[C@@]2(C)C3=C(CC[C@]12C)[C@@]1(C)CC[C@H](O)C(C)(C)[C@@H]1CC3=O. The van der Waals surface area contributed by atoms with E-state index in [0.29, 0.717) is 12.8 Å². The van der Waals surface area contributed by atoms with Crippen LogP contribution in [-0.4, -0.2) is 28.1 Å². The van der Waals surface area contributed by atoms with Gasteiger partial charge < -0.3 is 10.2 Å². The zero-order chi connectivity index (χ0) is 25.3. The number of carbonyl (C=O) groups excluding carboxylic acids is 1. The van der Waals surface area contributed by atoms with Gasteiger partial charge in [0.2, 0.25) is 0 Å². The Kier molecular flexibility index (Phi) is 6.28. The number of hydrogen-bond acceptors (Lipinski definition) is 3. The molecule has 0 amide bonds. The summed E-state index contributed by atoms with van der Waals surface area (Å²) >= 11 is 0. The molecular formula is C30H46O4. The average molecular weight is 471 g/mol. The molecule has 4 nitrogen and oxygen atoms in total. The number of Topliss-reactive ketones (excluding diaryl/α,β-unsaturated/α-hetero) is 1. The first-order valence-corrected chi connectivity index (χ1v) is 13.5. The summed E-state index contributed by atoms with van der Waals surface area (Å²) in [7, 11) is 0. The van der Waals surface area contributed by atoms with Crippen molar-refractivity contribution in [2.24, 2.45) is 39.4 Å². The summed E-state index contributed by atoms with van der Waals surface area (Å²) in [6.07, 6.45) is 9.12. The fourth-order valence-corrected chi connectivity index (χ4v) is 9.09. The lowest BCUT2D eigenvalue weighted by molar-refractivity contribution is -0.147. The molecule has 2 fully saturated rings. The Morgan fingerprint density at radius 3 is 2.38 bits per heavy atom. The summed E-state index contributed by atoms with van der Waals surface area (Å²) in [6.45, 7) is 15.3. The predicted molar refractivity (Wildman–Crippen MR) is 135 cm³/mol. The van der Waals surface area contributed by atoms with Gasteiger partial charge in [-0.1, -0.05) is 51.8 Å². The molecule has 0 aromatic heterocycles. The third-order valence-corrected chi connectivity index (χ3v) is 11.4. The van der Waals surface area contributed by atoms with Crippen molar-refractivity contribution >= 4 is 11.8 Å². The van der Waals surface area contributed by atoms with E-state index >= 15 is 0 Å². The lowest BCUT2D eigenvalue weighted by Gasteiger charge is -2.61. The predicted octanol–water partition coefficient (Wildman–Crippen LogP) is 6.72. The number of hydrogen-bond donors (Lipinski definition) is 2. The Morgan fingerprint density at radius 2 is 1.76 bits per heavy atom. The molecule has 4 aliphatic rings. The van der Waals surface area contributed by atoms with Gasteiger partial charge in [-0.2, -0.15) is 0 Å². The zero-order valence-corrected chi connectivity index (χ0v) is 22.5. The molecule has 4 aliphatic carbocycles. The molecule has 2 N–H and O–H groups in total. The average Bonchev–Trinajstić information content (AvgIpc) is 3.01. The first-order valence-electron chi connectivity index (χ1n) is 13.5. The van der Waals surface area contributed by atoms with Gasteiger partial charge >= 0.3 is 5.97 Å². The second kappa shape index (κ2) is 8.32. The summed E-state index contributed by atoms with van der Waals surface area (Å²) in [4.78, 5) is 26.4. The fraction of sp³-hybridized carbons (Fsp3) is 0.800. The number of rotatable bonds is 5. The van der Waals surface area contributed by atoms with E-state index < -0.39 is 5.97 Å². The molecule has 0 aliphatic heterocycles. The summed E-state index contributed by atoms with van der Waals surface area (Å²) < 4.78 is 0. The monoisotopic (exact) mass is 470 g/mol. The summed E-state index contributed by atoms with van der Waals surface area (Å²) in [5.74, 6) is -0.517. The van der Waals surface area contributed by atoms with E-state index in [-0.39, 0.29) is 51.3 Å². The molecule has 1 unspecified atom stereocenters. The summed E-state index contributed by atoms with van der Waals surface area (Å²) in [6, 6.07) is 0. The van der Waals surface area contributed by atoms with Crippen LogP contribution >= 0.6 is 0 Å². The third kappa shape index (κ3) is 3.49. The van der Waals surface area contributed by atoms with Crippen molar-refractivity contribution in [1.29, 1.82) is 0 Å². The molecule has 0 aromatic rings. The topological polar surface area (TPSA) is 74.6 Å². The number of allylic oxidation sites excluding steroid dienone is 4. The Morgan fingerprint density at radius 1 is 1.09 bits per heavy atom. The van der Waals surface area contributed by atoms with Crippen molar-refractivity contribution in [3.8, 4) is 0 Å². The number of carbonyl (C=O) groups is 2. The molecule has 0 aromatic carbocycles. The number of aliphatic carboxylic acids is 1. The molecule has 190 valence electrons. The molecule has 0 saturated heterocycles. The van der Waals surface area contributed by atoms with Crippen molar-refractivity contribution in [1.82, 2.24) is 0 Å². The highest BCUT2D eigenvalue weighted by molar-refractivity contribution is 5.99. The second-order valence-corrected chi connectivity index (χ2v) is 13.5. The maximum absolute atomic E-state index is 13.9. The van der Waals surface area contributed by atoms with Crippen LogP contribution in [0.3, 0.4) is 0 Å². The number of aliphatic hydroxyl groups excluding tert-OH is 1. The van der Waals surface area contributed by atoms with Crippen molar-refractivity contribution < 1.29 is 19.8 Å². The minimum atomic E-state index is -0.678. The van der Waals surface area contributed by atoms with Crippen molar-refractivity contribution in [3.63, 3.8) is 0 Å². The molecule has 2 saturated carbocycles. The van der Waals surface area contributed by atoms with E-state index in [2.05, 4.69) is 54.5 Å². The van der Waals surface area contributed by atoms with Gasteiger partial charge in [0.1, 0.15) is 0 Å². The number of fused-ring (bicyclic) bond motifs is 4. The maximum Gasteiger partial charge on any atom is 0.306 e. The lowest BCUT2D eigenvalue weighted by atomic mass is 9.43. The van der Waals surface area contributed by atoms with Crippen molar-refractivity contribution in [2.75, 3.05) is 0 Å². The van der Waals surface area contributed by atoms with Crippen LogP contribution in [0.25, 0.3) is 0 Å². The van der Waals surface area contributed by atoms with Crippen LogP contribution in [0.1, 0.15) is 106 Å². The molecule has 7 atom stereocenters. The number of aliphatic hydroxyl groups is 1. The number of carboxylic acids is 1. The number of carboxylic acid groups (broad SMARTS) is 1. The van der Waals surface area contributed by atoms with Crippen LogP contribution < -0.4 is 0 Å². The molecule has 4 heteroatoms. The molecular weight excluding hydrogens is 424 g/mol. The minimum absolute atomic E-state index is 0.0515. The van der Waals surface area contributed by atoms with Crippen molar-refractivity contribution in [3.05, 3.63) is 22.8 Å². The van der Waals surface area contributed by atoms with Crippen LogP contribution in [0.4, 0.5) is 0 Å². The first-order chi connectivity index (χ1) is 15.7. The highest BCUT2D eigenvalue weighted by Crippen LogP contribution is 2.71. The number of ketones is 1. The van der Waals surface area contributed by atoms with Gasteiger partial charge in [0.15, 0.2) is 5.78 Å². The normalized spacial score (nSPS) is 41.9. The summed E-state index contributed by atoms with van der Waals surface area (Å²) in [5, 5.41) is 21.0. The van der Waals surface area contributed by atoms with E-state index in [0.717, 1.165) is 50.5 Å². The van der Waals surface area contributed by atoms with Gasteiger partial charge in [-0.05, 0) is 93.3 Å². The molecule has 0 spiro atoms. The third-order valence-electron chi connectivity index (χ3n) is 11.4. The van der Waals surface area contributed by atoms with Gasteiger partial charge in [0, 0.05) is 17.4 Å². The first kappa shape index (κ1) is 25.7. The van der Waals surface area contributed by atoms with E-state index in [1.807, 2.05) is 0 Å². The van der Waals surface area contributed by atoms with Crippen molar-refractivity contribution in [2.45, 2.75) is 112 Å². The van der Waals surface area contributed by atoms with Gasteiger partial charge in [-0.3, -0.25) is 9.59 Å². The molecule has 34 heavy (non-hydrogen) atoms. The smallest absolute Gasteiger partial charge is 0.306 e. The Labute approximate surface area is 206 Å². The Hall–Kier alpha value is -1.42. The molecule has 0 heterocycles. The van der Waals surface area contributed by atoms with E-state index in [1.54, 1.807) is 0 Å². The quantitative estimate of drug-likeness (QED) is 0.437. The second-order valence-electron chi connectivity index (χ2n) is 13.5.